The highest BCUT2D eigenvalue weighted by Gasteiger charge is 2.15. The lowest BCUT2D eigenvalue weighted by Gasteiger charge is -2.10. The summed E-state index contributed by atoms with van der Waals surface area (Å²) < 4.78 is 11.4. The zero-order valence-electron chi connectivity index (χ0n) is 19.3. The number of benzene rings is 3. The van der Waals surface area contributed by atoms with E-state index in [2.05, 4.69) is 41.5 Å². The molecule has 0 spiro atoms. The Balaban J connectivity index is 1.48. The number of carbonyl (C=O) groups excluding carboxylic acids is 1. The van der Waals surface area contributed by atoms with Gasteiger partial charge in [0, 0.05) is 45.9 Å². The van der Waals surface area contributed by atoms with Gasteiger partial charge < -0.3 is 14.5 Å². The molecule has 5 nitrogen and oxygen atoms in total. The first-order chi connectivity index (χ1) is 16.5. The number of aromatic nitrogens is 1. The number of hydrogen-bond acceptors (Lipinski definition) is 4. The third-order valence-corrected chi connectivity index (χ3v) is 5.90. The third-order valence-electron chi connectivity index (χ3n) is 5.90. The van der Waals surface area contributed by atoms with Gasteiger partial charge in [0.25, 0.3) is 0 Å². The van der Waals surface area contributed by atoms with E-state index in [1.54, 1.807) is 25.6 Å². The average molecular weight is 449 g/mol. The summed E-state index contributed by atoms with van der Waals surface area (Å²) in [6.07, 6.45) is 5.10. The van der Waals surface area contributed by atoms with E-state index in [9.17, 15) is 4.79 Å². The van der Waals surface area contributed by atoms with E-state index in [4.69, 9.17) is 9.15 Å². The Kier molecular flexibility index (Phi) is 5.60. The molecule has 0 radical (unpaired) electrons. The summed E-state index contributed by atoms with van der Waals surface area (Å²) in [6, 6.07) is 21.7. The van der Waals surface area contributed by atoms with E-state index in [0.717, 1.165) is 44.1 Å². The topological polar surface area (TPSA) is 64.4 Å². The number of allylic oxidation sites excluding steroid dienone is 1. The summed E-state index contributed by atoms with van der Waals surface area (Å²) in [5, 5.41) is 4.88. The monoisotopic (exact) mass is 448 g/mol. The summed E-state index contributed by atoms with van der Waals surface area (Å²) in [4.78, 5) is 17.1. The van der Waals surface area contributed by atoms with Gasteiger partial charge in [0.15, 0.2) is 0 Å². The van der Waals surface area contributed by atoms with Crippen LogP contribution in [0.2, 0.25) is 0 Å². The fourth-order valence-corrected chi connectivity index (χ4v) is 4.09. The lowest BCUT2D eigenvalue weighted by atomic mass is 9.99. The number of methoxy groups -OCH3 is 1. The molecule has 0 saturated carbocycles. The van der Waals surface area contributed by atoms with Crippen LogP contribution in [0.4, 0.5) is 5.69 Å². The number of pyridine rings is 1. The van der Waals surface area contributed by atoms with E-state index < -0.39 is 0 Å². The fraction of sp³-hybridized carbons (Fsp3) is 0.103. The smallest absolute Gasteiger partial charge is 0.248 e. The highest BCUT2D eigenvalue weighted by molar-refractivity contribution is 6.06. The van der Waals surface area contributed by atoms with Gasteiger partial charge in [-0.25, -0.2) is 0 Å². The van der Waals surface area contributed by atoms with E-state index in [-0.39, 0.29) is 5.91 Å². The van der Waals surface area contributed by atoms with E-state index in [1.165, 1.54) is 5.56 Å². The number of fused-ring (bicyclic) bond motifs is 2. The quantitative estimate of drug-likeness (QED) is 0.294. The molecule has 0 atom stereocenters. The Hall–Kier alpha value is -4.38. The number of nitrogens with one attached hydrogen (secondary N) is 1. The zero-order valence-corrected chi connectivity index (χ0v) is 19.3. The van der Waals surface area contributed by atoms with Crippen LogP contribution < -0.4 is 10.1 Å². The van der Waals surface area contributed by atoms with Crippen LogP contribution in [-0.4, -0.2) is 18.0 Å². The van der Waals surface area contributed by atoms with Crippen molar-refractivity contribution in [2.75, 3.05) is 12.4 Å². The van der Waals surface area contributed by atoms with E-state index >= 15 is 0 Å². The summed E-state index contributed by atoms with van der Waals surface area (Å²) in [5.74, 6) is 0.435. The number of nitrogens with zero attached hydrogens (tertiary/aromatic N) is 1. The molecule has 34 heavy (non-hydrogen) atoms. The Bertz CT molecular complexity index is 1550. The van der Waals surface area contributed by atoms with E-state index in [1.807, 2.05) is 49.4 Å². The first-order valence-corrected chi connectivity index (χ1v) is 11.0. The van der Waals surface area contributed by atoms with Crippen molar-refractivity contribution >= 4 is 39.0 Å². The van der Waals surface area contributed by atoms with Crippen LogP contribution in [0, 0.1) is 6.92 Å². The summed E-state index contributed by atoms with van der Waals surface area (Å²) in [6.45, 7) is 3.97. The largest absolute Gasteiger partial charge is 0.496 e. The van der Waals surface area contributed by atoms with Crippen molar-refractivity contribution in [2.45, 2.75) is 13.8 Å². The van der Waals surface area contributed by atoms with Gasteiger partial charge >= 0.3 is 0 Å². The maximum Gasteiger partial charge on any atom is 0.248 e. The summed E-state index contributed by atoms with van der Waals surface area (Å²) >= 11 is 0. The van der Waals surface area contributed by atoms with Crippen LogP contribution in [0.15, 0.2) is 89.7 Å². The van der Waals surface area contributed by atoms with Gasteiger partial charge in [-0.3, -0.25) is 9.78 Å². The Morgan fingerprint density at radius 2 is 1.88 bits per heavy atom. The average Bonchev–Trinajstić information content (AvgIpc) is 3.26. The standard InChI is InChI=1S/C29H24N2O3/c1-18-6-8-20(9-7-18)25-17-34-28-16-27(33-3)23(15-24(25)28)19(2)13-29(32)31-22-10-11-26-21(14-22)5-4-12-30-26/h4-17H,1-3H3,(H,31,32)/b19-13+. The molecule has 5 heteroatoms. The van der Waals surface area contributed by atoms with Gasteiger partial charge in [-0.1, -0.05) is 35.9 Å². The Morgan fingerprint density at radius 3 is 2.68 bits per heavy atom. The number of furan rings is 1. The molecule has 0 aliphatic carbocycles. The van der Waals surface area contributed by atoms with Gasteiger partial charge in [-0.15, -0.1) is 0 Å². The predicted octanol–water partition coefficient (Wildman–Crippen LogP) is 7.01. The normalized spacial score (nSPS) is 11.7. The van der Waals surface area contributed by atoms with Crippen LogP contribution >= 0.6 is 0 Å². The minimum absolute atomic E-state index is 0.214. The van der Waals surface area contributed by atoms with Crippen LogP contribution in [-0.2, 0) is 4.79 Å². The first-order valence-electron chi connectivity index (χ1n) is 11.0. The zero-order chi connectivity index (χ0) is 23.7. The van der Waals surface area contributed by atoms with Crippen molar-refractivity contribution in [3.8, 4) is 16.9 Å². The minimum atomic E-state index is -0.214. The van der Waals surface area contributed by atoms with Crippen LogP contribution in [0.25, 0.3) is 38.6 Å². The number of ether oxygens (including phenoxy) is 1. The van der Waals surface area contributed by atoms with Gasteiger partial charge in [0.05, 0.1) is 18.9 Å². The van der Waals surface area contributed by atoms with Crippen molar-refractivity contribution in [3.63, 3.8) is 0 Å². The van der Waals surface area contributed by atoms with Crippen molar-refractivity contribution in [1.82, 2.24) is 4.98 Å². The van der Waals surface area contributed by atoms with Gasteiger partial charge in [-0.2, -0.15) is 0 Å². The Morgan fingerprint density at radius 1 is 1.06 bits per heavy atom. The van der Waals surface area contributed by atoms with Crippen molar-refractivity contribution in [2.24, 2.45) is 0 Å². The second-order valence-electron chi connectivity index (χ2n) is 8.29. The molecule has 1 N–H and O–H groups in total. The fourth-order valence-electron chi connectivity index (χ4n) is 4.09. The number of aryl methyl sites for hydroxylation is 1. The van der Waals surface area contributed by atoms with Gasteiger partial charge in [0.1, 0.15) is 11.3 Å². The van der Waals surface area contributed by atoms with Crippen LogP contribution in [0.5, 0.6) is 5.75 Å². The van der Waals surface area contributed by atoms with Crippen molar-refractivity contribution in [1.29, 1.82) is 0 Å². The Labute approximate surface area is 197 Å². The summed E-state index contributed by atoms with van der Waals surface area (Å²) in [7, 11) is 1.62. The first kappa shape index (κ1) is 21.5. The lowest BCUT2D eigenvalue weighted by molar-refractivity contribution is -0.111. The predicted molar refractivity (Wildman–Crippen MR) is 137 cm³/mol. The number of carbonyl (C=O) groups is 1. The molecule has 1 amide bonds. The molecule has 2 aromatic heterocycles. The highest BCUT2D eigenvalue weighted by Crippen LogP contribution is 2.37. The number of hydrogen-bond donors (Lipinski definition) is 1. The SMILES string of the molecule is COc1cc2occ(-c3ccc(C)cc3)c2cc1/C(C)=C/C(=O)Nc1ccc2ncccc2c1. The third kappa shape index (κ3) is 4.16. The molecule has 5 aromatic rings. The molecule has 2 heterocycles. The highest BCUT2D eigenvalue weighted by atomic mass is 16.5. The number of amides is 1. The molecule has 0 bridgehead atoms. The van der Waals surface area contributed by atoms with E-state index in [0.29, 0.717) is 11.4 Å². The molecule has 3 aromatic carbocycles. The second-order valence-corrected chi connectivity index (χ2v) is 8.29. The number of anilines is 1. The molecule has 0 saturated heterocycles. The van der Waals surface area contributed by atoms with Crippen LogP contribution in [0.1, 0.15) is 18.1 Å². The summed E-state index contributed by atoms with van der Waals surface area (Å²) in [5.41, 5.74) is 7.23. The maximum atomic E-state index is 12.8. The maximum absolute atomic E-state index is 12.8. The molecular weight excluding hydrogens is 424 g/mol. The van der Waals surface area contributed by atoms with Gasteiger partial charge in [-0.05, 0) is 55.3 Å². The molecular formula is C29H24N2O3. The minimum Gasteiger partial charge on any atom is -0.496 e. The van der Waals surface area contributed by atoms with Crippen molar-refractivity contribution < 1.29 is 13.9 Å². The van der Waals surface area contributed by atoms with Crippen LogP contribution in [0.3, 0.4) is 0 Å². The second kappa shape index (κ2) is 8.87. The van der Waals surface area contributed by atoms with Gasteiger partial charge in [0.2, 0.25) is 5.91 Å². The van der Waals surface area contributed by atoms with Crippen molar-refractivity contribution in [3.05, 3.63) is 96.4 Å². The number of rotatable bonds is 5. The molecule has 0 aliphatic heterocycles. The molecule has 5 rings (SSSR count). The molecule has 0 unspecified atom stereocenters. The lowest BCUT2D eigenvalue weighted by Crippen LogP contribution is -2.08. The molecule has 0 fully saturated rings. The molecule has 0 aliphatic rings. The molecule has 168 valence electrons.